The van der Waals surface area contributed by atoms with E-state index in [4.69, 9.17) is 9.47 Å². The Bertz CT molecular complexity index is 1140. The van der Waals surface area contributed by atoms with Crippen molar-refractivity contribution in [3.8, 4) is 22.6 Å². The van der Waals surface area contributed by atoms with Crippen molar-refractivity contribution in [2.24, 2.45) is 0 Å². The van der Waals surface area contributed by atoms with E-state index in [2.05, 4.69) is 12.2 Å². The number of carbonyl (C=O) groups is 2. The number of benzene rings is 2. The summed E-state index contributed by atoms with van der Waals surface area (Å²) in [7, 11) is 1.59. The van der Waals surface area contributed by atoms with Crippen LogP contribution in [0.2, 0.25) is 0 Å². The molecule has 1 aliphatic rings. The molecule has 0 saturated carbocycles. The largest absolute Gasteiger partial charge is 0.493 e. The summed E-state index contributed by atoms with van der Waals surface area (Å²) in [4.78, 5) is 25.8. The van der Waals surface area contributed by atoms with Crippen LogP contribution in [0.4, 0.5) is 5.69 Å². The number of amides is 1. The van der Waals surface area contributed by atoms with Crippen LogP contribution in [0.25, 0.3) is 11.1 Å². The van der Waals surface area contributed by atoms with Gasteiger partial charge in [0.1, 0.15) is 4.88 Å². The lowest BCUT2D eigenvalue weighted by molar-refractivity contribution is -0.116. The van der Waals surface area contributed by atoms with Crippen LogP contribution in [0.5, 0.6) is 11.5 Å². The van der Waals surface area contributed by atoms with Crippen LogP contribution >= 0.6 is 11.3 Å². The van der Waals surface area contributed by atoms with Crippen LogP contribution in [0.3, 0.4) is 0 Å². The molecule has 2 heterocycles. The van der Waals surface area contributed by atoms with E-state index in [-0.39, 0.29) is 23.1 Å². The first-order valence-electron chi connectivity index (χ1n) is 10.6. The van der Waals surface area contributed by atoms with E-state index in [1.165, 1.54) is 11.3 Å². The van der Waals surface area contributed by atoms with Crippen LogP contribution in [-0.2, 0) is 4.79 Å². The lowest BCUT2D eigenvalue weighted by Crippen LogP contribution is -2.22. The fourth-order valence-corrected chi connectivity index (χ4v) is 5.18. The first-order valence-corrected chi connectivity index (χ1v) is 11.4. The number of aromatic carboxylic acids is 1. The molecule has 0 bridgehead atoms. The van der Waals surface area contributed by atoms with Crippen molar-refractivity contribution >= 4 is 28.9 Å². The van der Waals surface area contributed by atoms with E-state index in [0.717, 1.165) is 28.8 Å². The topological polar surface area (TPSA) is 84.9 Å². The molecule has 0 unspecified atom stereocenters. The first kappa shape index (κ1) is 21.9. The van der Waals surface area contributed by atoms with E-state index in [1.54, 1.807) is 7.11 Å². The molecule has 2 aromatic carbocycles. The number of rotatable bonds is 8. The predicted molar refractivity (Wildman–Crippen MR) is 125 cm³/mol. The number of ether oxygens (including phenoxy) is 2. The molecule has 0 aliphatic carbocycles. The SMILES string of the molecule is CCCCOc1ccc([C@H]2CC(=O)Nc3c2sc(C(=O)O)c3-c2ccccc2)cc1OC. The number of methoxy groups -OCH3 is 1. The number of carboxylic acid groups (broad SMARTS) is 1. The third-order valence-electron chi connectivity index (χ3n) is 5.51. The zero-order chi connectivity index (χ0) is 22.7. The molecule has 1 amide bonds. The Morgan fingerprint density at radius 2 is 1.97 bits per heavy atom. The molecule has 1 aliphatic heterocycles. The van der Waals surface area contributed by atoms with Gasteiger partial charge >= 0.3 is 5.97 Å². The molecule has 32 heavy (non-hydrogen) atoms. The van der Waals surface area contributed by atoms with Gasteiger partial charge in [-0.3, -0.25) is 4.79 Å². The van der Waals surface area contributed by atoms with Gasteiger partial charge in [-0.1, -0.05) is 49.7 Å². The van der Waals surface area contributed by atoms with Crippen LogP contribution in [0.1, 0.15) is 52.2 Å². The second-order valence-electron chi connectivity index (χ2n) is 7.63. The molecule has 0 radical (unpaired) electrons. The van der Waals surface area contributed by atoms with Gasteiger partial charge in [0.15, 0.2) is 11.5 Å². The van der Waals surface area contributed by atoms with Gasteiger partial charge in [-0.25, -0.2) is 4.79 Å². The van der Waals surface area contributed by atoms with Crippen molar-refractivity contribution in [3.05, 3.63) is 63.8 Å². The quantitative estimate of drug-likeness (QED) is 0.425. The van der Waals surface area contributed by atoms with E-state index >= 15 is 0 Å². The third kappa shape index (κ3) is 4.21. The molecule has 3 aromatic rings. The lowest BCUT2D eigenvalue weighted by Gasteiger charge is -2.24. The van der Waals surface area contributed by atoms with Crippen molar-refractivity contribution < 1.29 is 24.2 Å². The molecule has 2 N–H and O–H groups in total. The highest BCUT2D eigenvalue weighted by Gasteiger charge is 2.34. The monoisotopic (exact) mass is 451 g/mol. The van der Waals surface area contributed by atoms with Crippen molar-refractivity contribution in [2.45, 2.75) is 32.1 Å². The van der Waals surface area contributed by atoms with E-state index in [1.807, 2.05) is 48.5 Å². The number of anilines is 1. The molecule has 166 valence electrons. The van der Waals surface area contributed by atoms with Gasteiger partial charge in [-0.2, -0.15) is 0 Å². The Kier molecular flexibility index (Phi) is 6.46. The van der Waals surface area contributed by atoms with Gasteiger partial charge in [0.2, 0.25) is 5.91 Å². The molecule has 4 rings (SSSR count). The summed E-state index contributed by atoms with van der Waals surface area (Å²) < 4.78 is 11.4. The summed E-state index contributed by atoms with van der Waals surface area (Å²) in [5, 5.41) is 12.8. The van der Waals surface area contributed by atoms with Crippen LogP contribution in [0.15, 0.2) is 48.5 Å². The number of unbranched alkanes of at least 4 members (excludes halogenated alkanes) is 1. The molecular weight excluding hydrogens is 426 g/mol. The zero-order valence-electron chi connectivity index (χ0n) is 18.0. The summed E-state index contributed by atoms with van der Waals surface area (Å²) in [5.41, 5.74) is 2.80. The molecule has 1 atom stereocenters. The number of thiophene rings is 1. The third-order valence-corrected chi connectivity index (χ3v) is 6.80. The van der Waals surface area contributed by atoms with Crippen molar-refractivity contribution in [2.75, 3.05) is 19.0 Å². The van der Waals surface area contributed by atoms with Gasteiger partial charge < -0.3 is 19.9 Å². The number of hydrogen-bond acceptors (Lipinski definition) is 5. The van der Waals surface area contributed by atoms with Crippen molar-refractivity contribution in [1.29, 1.82) is 0 Å². The fraction of sp³-hybridized carbons (Fsp3) is 0.280. The molecule has 0 saturated heterocycles. The summed E-state index contributed by atoms with van der Waals surface area (Å²) >= 11 is 1.22. The number of carbonyl (C=O) groups excluding carboxylic acids is 1. The number of fused-ring (bicyclic) bond motifs is 1. The Balaban J connectivity index is 1.79. The van der Waals surface area contributed by atoms with E-state index < -0.39 is 5.97 Å². The Morgan fingerprint density at radius 3 is 2.66 bits per heavy atom. The highest BCUT2D eigenvalue weighted by atomic mass is 32.1. The lowest BCUT2D eigenvalue weighted by atomic mass is 9.88. The minimum absolute atomic E-state index is 0.142. The van der Waals surface area contributed by atoms with E-state index in [0.29, 0.717) is 29.4 Å². The zero-order valence-corrected chi connectivity index (χ0v) is 18.8. The number of hydrogen-bond donors (Lipinski definition) is 2. The first-order chi connectivity index (χ1) is 15.5. The molecule has 1 aromatic heterocycles. The van der Waals surface area contributed by atoms with Crippen molar-refractivity contribution in [3.63, 3.8) is 0 Å². The summed E-state index contributed by atoms with van der Waals surface area (Å²) in [6, 6.07) is 15.0. The second kappa shape index (κ2) is 9.44. The average Bonchev–Trinajstić information content (AvgIpc) is 3.19. The predicted octanol–water partition coefficient (Wildman–Crippen LogP) is 5.77. The minimum atomic E-state index is -1.01. The normalized spacial score (nSPS) is 15.1. The van der Waals surface area contributed by atoms with Gasteiger partial charge in [-0.15, -0.1) is 11.3 Å². The Morgan fingerprint density at radius 1 is 1.19 bits per heavy atom. The summed E-state index contributed by atoms with van der Waals surface area (Å²) in [6.07, 6.45) is 2.22. The molecular formula is C25H25NO5S. The maximum Gasteiger partial charge on any atom is 0.346 e. The van der Waals surface area contributed by atoms with Gasteiger partial charge in [-0.05, 0) is 29.7 Å². The van der Waals surface area contributed by atoms with Crippen LogP contribution in [-0.4, -0.2) is 30.7 Å². The molecule has 0 spiro atoms. The Labute approximate surface area is 190 Å². The molecule has 7 heteroatoms. The van der Waals surface area contributed by atoms with Crippen LogP contribution in [0, 0.1) is 0 Å². The smallest absolute Gasteiger partial charge is 0.346 e. The van der Waals surface area contributed by atoms with Crippen LogP contribution < -0.4 is 14.8 Å². The summed E-state index contributed by atoms with van der Waals surface area (Å²) in [5.74, 6) is -0.153. The van der Waals surface area contributed by atoms with Gasteiger partial charge in [0.25, 0.3) is 0 Å². The number of nitrogens with one attached hydrogen (secondary N) is 1. The average molecular weight is 452 g/mol. The highest BCUT2D eigenvalue weighted by molar-refractivity contribution is 7.15. The molecule has 6 nitrogen and oxygen atoms in total. The van der Waals surface area contributed by atoms with Gasteiger partial charge in [0.05, 0.1) is 19.4 Å². The maximum atomic E-state index is 12.7. The van der Waals surface area contributed by atoms with Crippen molar-refractivity contribution in [1.82, 2.24) is 0 Å². The fourth-order valence-electron chi connectivity index (χ4n) is 3.93. The maximum absolute atomic E-state index is 12.7. The standard InChI is InChI=1S/C25H25NO5S/c1-3-4-12-31-18-11-10-16(13-19(18)30-2)17-14-20(27)26-22-21(15-8-6-5-7-9-15)24(25(28)29)32-23(17)22/h5-11,13,17H,3-4,12,14H2,1-2H3,(H,26,27)(H,28,29)/t17-/m1/s1. The Hall–Kier alpha value is -3.32. The summed E-state index contributed by atoms with van der Waals surface area (Å²) in [6.45, 7) is 2.71. The van der Waals surface area contributed by atoms with E-state index in [9.17, 15) is 14.7 Å². The highest BCUT2D eigenvalue weighted by Crippen LogP contribution is 2.50. The minimum Gasteiger partial charge on any atom is -0.493 e. The van der Waals surface area contributed by atoms with Gasteiger partial charge in [0, 0.05) is 22.8 Å². The number of carboxylic acids is 1. The second-order valence-corrected chi connectivity index (χ2v) is 8.69. The molecule has 0 fully saturated rings.